The third-order valence-corrected chi connectivity index (χ3v) is 5.06. The van der Waals surface area contributed by atoms with Gasteiger partial charge in [0.1, 0.15) is 12.4 Å². The lowest BCUT2D eigenvalue weighted by molar-refractivity contribution is -0.142. The number of hydrogen-bond donors (Lipinski definition) is 0. The van der Waals surface area contributed by atoms with Crippen LogP contribution in [0.2, 0.25) is 0 Å². The summed E-state index contributed by atoms with van der Waals surface area (Å²) in [6.45, 7) is 2.21. The Morgan fingerprint density at radius 2 is 2.04 bits per heavy atom. The molecule has 0 saturated carbocycles. The highest BCUT2D eigenvalue weighted by Crippen LogP contribution is 2.33. The Morgan fingerprint density at radius 3 is 2.84 bits per heavy atom. The average molecular weight is 338 g/mol. The zero-order valence-electron chi connectivity index (χ0n) is 14.2. The van der Waals surface area contributed by atoms with Crippen molar-refractivity contribution in [1.82, 2.24) is 19.9 Å². The number of pyridine rings is 1. The number of piperidine rings is 1. The fourth-order valence-electron chi connectivity index (χ4n) is 3.79. The van der Waals surface area contributed by atoms with Crippen LogP contribution in [0.25, 0.3) is 11.1 Å². The highest BCUT2D eigenvalue weighted by molar-refractivity contribution is 5.81. The van der Waals surface area contributed by atoms with E-state index in [0.29, 0.717) is 13.2 Å². The zero-order valence-corrected chi connectivity index (χ0v) is 14.2. The maximum Gasteiger partial charge on any atom is 0.251 e. The predicted octanol–water partition coefficient (Wildman–Crippen LogP) is 2.42. The summed E-state index contributed by atoms with van der Waals surface area (Å²) in [5.41, 5.74) is 3.11. The molecule has 2 aromatic rings. The van der Waals surface area contributed by atoms with Crippen LogP contribution < -0.4 is 0 Å². The van der Waals surface area contributed by atoms with Crippen molar-refractivity contribution in [3.05, 3.63) is 42.7 Å². The Bertz CT molecular complexity index is 731. The first-order valence-corrected chi connectivity index (χ1v) is 8.93. The SMILES string of the molecule is O=C([C@H]1CCCO1)N1CCC[C@H](c2ncncc2-c2ccncc2)C1. The number of likely N-dealkylation sites (tertiary alicyclic amines) is 1. The monoisotopic (exact) mass is 338 g/mol. The Morgan fingerprint density at radius 1 is 1.16 bits per heavy atom. The van der Waals surface area contributed by atoms with Gasteiger partial charge >= 0.3 is 0 Å². The van der Waals surface area contributed by atoms with Crippen LogP contribution in [0.3, 0.4) is 0 Å². The van der Waals surface area contributed by atoms with Gasteiger partial charge < -0.3 is 9.64 Å². The van der Waals surface area contributed by atoms with Crippen LogP contribution >= 0.6 is 0 Å². The van der Waals surface area contributed by atoms with Gasteiger partial charge in [-0.15, -0.1) is 0 Å². The minimum atomic E-state index is -0.246. The summed E-state index contributed by atoms with van der Waals surface area (Å²) in [7, 11) is 0. The van der Waals surface area contributed by atoms with E-state index < -0.39 is 0 Å². The molecule has 0 aromatic carbocycles. The highest BCUT2D eigenvalue weighted by Gasteiger charge is 2.33. The standard InChI is InChI=1S/C19H22N4O2/c24-19(17-4-2-10-25-17)23-9-1-3-15(12-23)18-16(11-21-13-22-18)14-5-7-20-8-6-14/h5-8,11,13,15,17H,1-4,9-10,12H2/t15-,17+/m0/s1. The van der Waals surface area contributed by atoms with E-state index in [-0.39, 0.29) is 17.9 Å². The number of aromatic nitrogens is 3. The molecule has 2 aromatic heterocycles. The van der Waals surface area contributed by atoms with E-state index in [1.165, 1.54) is 0 Å². The Hall–Kier alpha value is -2.34. The minimum Gasteiger partial charge on any atom is -0.368 e. The fraction of sp³-hybridized carbons (Fsp3) is 0.474. The molecule has 6 nitrogen and oxygen atoms in total. The summed E-state index contributed by atoms with van der Waals surface area (Å²) in [6, 6.07) is 3.95. The van der Waals surface area contributed by atoms with Gasteiger partial charge in [0.2, 0.25) is 0 Å². The van der Waals surface area contributed by atoms with Crippen LogP contribution in [0.5, 0.6) is 0 Å². The summed E-state index contributed by atoms with van der Waals surface area (Å²) in [6.07, 6.45) is 10.6. The molecule has 0 unspecified atom stereocenters. The van der Waals surface area contributed by atoms with Gasteiger partial charge in [0, 0.05) is 49.8 Å². The molecule has 1 amide bonds. The van der Waals surface area contributed by atoms with Crippen molar-refractivity contribution in [2.24, 2.45) is 0 Å². The Kier molecular flexibility index (Phi) is 4.70. The quantitative estimate of drug-likeness (QED) is 0.860. The number of amides is 1. The lowest BCUT2D eigenvalue weighted by Gasteiger charge is -2.34. The topological polar surface area (TPSA) is 68.2 Å². The number of nitrogens with zero attached hydrogens (tertiary/aromatic N) is 4. The van der Waals surface area contributed by atoms with Gasteiger partial charge in [-0.3, -0.25) is 9.78 Å². The average Bonchev–Trinajstić information content (AvgIpc) is 3.23. The first-order valence-electron chi connectivity index (χ1n) is 8.93. The van der Waals surface area contributed by atoms with Gasteiger partial charge in [0.05, 0.1) is 5.69 Å². The molecule has 0 aliphatic carbocycles. The number of hydrogen-bond acceptors (Lipinski definition) is 5. The molecule has 0 radical (unpaired) electrons. The van der Waals surface area contributed by atoms with Crippen molar-refractivity contribution in [1.29, 1.82) is 0 Å². The third-order valence-electron chi connectivity index (χ3n) is 5.06. The van der Waals surface area contributed by atoms with Crippen LogP contribution in [0, 0.1) is 0 Å². The second kappa shape index (κ2) is 7.27. The van der Waals surface area contributed by atoms with E-state index in [4.69, 9.17) is 4.74 Å². The van der Waals surface area contributed by atoms with Crippen molar-refractivity contribution in [3.63, 3.8) is 0 Å². The second-order valence-corrected chi connectivity index (χ2v) is 6.68. The van der Waals surface area contributed by atoms with Crippen molar-refractivity contribution >= 4 is 5.91 Å². The maximum atomic E-state index is 12.7. The summed E-state index contributed by atoms with van der Waals surface area (Å²) >= 11 is 0. The number of carbonyl (C=O) groups is 1. The van der Waals surface area contributed by atoms with E-state index in [9.17, 15) is 4.79 Å². The normalized spacial score (nSPS) is 23.6. The zero-order chi connectivity index (χ0) is 17.1. The molecule has 2 atom stereocenters. The Labute approximate surface area is 147 Å². The predicted molar refractivity (Wildman–Crippen MR) is 92.8 cm³/mol. The maximum absolute atomic E-state index is 12.7. The van der Waals surface area contributed by atoms with Gasteiger partial charge in [-0.05, 0) is 43.4 Å². The summed E-state index contributed by atoms with van der Waals surface area (Å²) in [5, 5.41) is 0. The van der Waals surface area contributed by atoms with Crippen LogP contribution in [0.4, 0.5) is 0 Å². The lowest BCUT2D eigenvalue weighted by atomic mass is 9.90. The molecule has 0 bridgehead atoms. The molecule has 130 valence electrons. The smallest absolute Gasteiger partial charge is 0.251 e. The summed E-state index contributed by atoms with van der Waals surface area (Å²) < 4.78 is 5.58. The molecule has 2 saturated heterocycles. The number of ether oxygens (including phenoxy) is 1. The van der Waals surface area contributed by atoms with E-state index in [0.717, 1.165) is 49.0 Å². The Balaban J connectivity index is 1.57. The van der Waals surface area contributed by atoms with Gasteiger partial charge in [0.25, 0.3) is 5.91 Å². The van der Waals surface area contributed by atoms with E-state index >= 15 is 0 Å². The van der Waals surface area contributed by atoms with Gasteiger partial charge in [-0.25, -0.2) is 9.97 Å². The highest BCUT2D eigenvalue weighted by atomic mass is 16.5. The summed E-state index contributed by atoms with van der Waals surface area (Å²) in [4.78, 5) is 27.5. The van der Waals surface area contributed by atoms with Gasteiger partial charge in [0.15, 0.2) is 0 Å². The van der Waals surface area contributed by atoms with Crippen molar-refractivity contribution < 1.29 is 9.53 Å². The molecular weight excluding hydrogens is 316 g/mol. The van der Waals surface area contributed by atoms with Crippen molar-refractivity contribution in [2.45, 2.75) is 37.7 Å². The van der Waals surface area contributed by atoms with Crippen LogP contribution in [-0.4, -0.2) is 51.6 Å². The van der Waals surface area contributed by atoms with Crippen LogP contribution in [0.15, 0.2) is 37.1 Å². The third kappa shape index (κ3) is 3.39. The van der Waals surface area contributed by atoms with E-state index in [1.807, 2.05) is 23.2 Å². The van der Waals surface area contributed by atoms with E-state index in [2.05, 4.69) is 15.0 Å². The van der Waals surface area contributed by atoms with Gasteiger partial charge in [-0.1, -0.05) is 0 Å². The second-order valence-electron chi connectivity index (χ2n) is 6.68. The molecule has 2 aliphatic heterocycles. The molecule has 25 heavy (non-hydrogen) atoms. The summed E-state index contributed by atoms with van der Waals surface area (Å²) in [5.74, 6) is 0.368. The molecule has 4 heterocycles. The molecule has 0 spiro atoms. The van der Waals surface area contributed by atoms with Gasteiger partial charge in [-0.2, -0.15) is 0 Å². The number of carbonyl (C=O) groups excluding carboxylic acids is 1. The lowest BCUT2D eigenvalue weighted by Crippen LogP contribution is -2.44. The van der Waals surface area contributed by atoms with E-state index in [1.54, 1.807) is 18.7 Å². The largest absolute Gasteiger partial charge is 0.368 e. The van der Waals surface area contributed by atoms with Crippen LogP contribution in [0.1, 0.15) is 37.3 Å². The first-order chi connectivity index (χ1) is 12.3. The molecule has 2 aliphatic rings. The number of rotatable bonds is 3. The fourth-order valence-corrected chi connectivity index (χ4v) is 3.79. The minimum absolute atomic E-state index is 0.140. The van der Waals surface area contributed by atoms with Crippen molar-refractivity contribution in [2.75, 3.05) is 19.7 Å². The molecule has 4 rings (SSSR count). The molecule has 2 fully saturated rings. The molecular formula is C19H22N4O2. The molecule has 6 heteroatoms. The molecule has 0 N–H and O–H groups in total. The van der Waals surface area contributed by atoms with Crippen molar-refractivity contribution in [3.8, 4) is 11.1 Å². The first kappa shape index (κ1) is 16.1. The van der Waals surface area contributed by atoms with Crippen LogP contribution in [-0.2, 0) is 9.53 Å².